The summed E-state index contributed by atoms with van der Waals surface area (Å²) in [6.07, 6.45) is 14.1. The van der Waals surface area contributed by atoms with Crippen molar-refractivity contribution in [2.75, 3.05) is 0 Å². The van der Waals surface area contributed by atoms with Crippen LogP contribution in [0, 0.1) is 11.8 Å². The quantitative estimate of drug-likeness (QED) is 0.294. The summed E-state index contributed by atoms with van der Waals surface area (Å²) in [6, 6.07) is 8.45. The number of nitrogens with zero attached hydrogens (tertiary/aromatic N) is 1. The molecule has 0 aromatic heterocycles. The predicted molar refractivity (Wildman–Crippen MR) is 99.0 cm³/mol. The molecule has 0 radical (unpaired) electrons. The van der Waals surface area contributed by atoms with E-state index in [1.165, 1.54) is 69.8 Å². The third kappa shape index (κ3) is 6.02. The van der Waals surface area contributed by atoms with Gasteiger partial charge in [0.25, 0.3) is 0 Å². The van der Waals surface area contributed by atoms with Crippen molar-refractivity contribution < 1.29 is 0 Å². The Labute approximate surface area is 141 Å². The Morgan fingerprint density at radius 1 is 1.00 bits per heavy atom. The maximum Gasteiger partial charge on any atom is 0.0739 e. The first-order valence-corrected chi connectivity index (χ1v) is 9.39. The van der Waals surface area contributed by atoms with E-state index >= 15 is 0 Å². The van der Waals surface area contributed by atoms with Crippen molar-refractivity contribution in [1.82, 2.24) is 0 Å². The van der Waals surface area contributed by atoms with Crippen molar-refractivity contribution in [1.29, 1.82) is 0 Å². The molecule has 1 nitrogen and oxygen atoms in total. The summed E-state index contributed by atoms with van der Waals surface area (Å²) in [5.41, 5.74) is 2.33. The van der Waals surface area contributed by atoms with Crippen molar-refractivity contribution in [3.05, 3.63) is 29.8 Å². The Bertz CT molecular complexity index is 465. The van der Waals surface area contributed by atoms with Gasteiger partial charge in [-0.05, 0) is 54.6 Å². The van der Waals surface area contributed by atoms with Crippen LogP contribution in [0.1, 0.15) is 70.3 Å². The van der Waals surface area contributed by atoms with E-state index in [0.29, 0.717) is 0 Å². The molecule has 0 bridgehead atoms. The fourth-order valence-corrected chi connectivity index (χ4v) is 3.76. The van der Waals surface area contributed by atoms with E-state index in [0.717, 1.165) is 17.5 Å². The van der Waals surface area contributed by atoms with Gasteiger partial charge in [-0.2, -0.15) is 4.99 Å². The fraction of sp³-hybridized carbons (Fsp3) is 0.650. The second kappa shape index (κ2) is 9.92. The van der Waals surface area contributed by atoms with Crippen LogP contribution in [-0.2, 0) is 6.42 Å². The van der Waals surface area contributed by atoms with Gasteiger partial charge in [-0.1, -0.05) is 70.4 Å². The van der Waals surface area contributed by atoms with E-state index in [2.05, 4.69) is 41.4 Å². The zero-order valence-corrected chi connectivity index (χ0v) is 14.7. The number of unbranched alkanes of at least 4 members (excludes halogenated alkanes) is 2. The smallest absolute Gasteiger partial charge is 0.0739 e. The van der Waals surface area contributed by atoms with Crippen LogP contribution in [0.25, 0.3) is 0 Å². The summed E-state index contributed by atoms with van der Waals surface area (Å²) >= 11 is 4.63. The second-order valence-electron chi connectivity index (χ2n) is 6.79. The summed E-state index contributed by atoms with van der Waals surface area (Å²) in [5.74, 6) is 1.97. The molecular formula is C20H29NS. The molecule has 2 heteroatoms. The van der Waals surface area contributed by atoms with Crippen molar-refractivity contribution in [2.45, 2.75) is 71.1 Å². The molecule has 1 fully saturated rings. The Hall–Kier alpha value is -0.980. The third-order valence-corrected chi connectivity index (χ3v) is 5.23. The van der Waals surface area contributed by atoms with Crippen LogP contribution in [0.2, 0.25) is 0 Å². The molecule has 1 saturated carbocycles. The minimum atomic E-state index is 0.909. The number of thiocarbonyl (C=S) groups is 1. The van der Waals surface area contributed by atoms with Gasteiger partial charge in [0.05, 0.1) is 10.8 Å². The van der Waals surface area contributed by atoms with Crippen LogP contribution in [0.3, 0.4) is 0 Å². The van der Waals surface area contributed by atoms with Crippen LogP contribution >= 0.6 is 12.2 Å². The number of hydrogen-bond donors (Lipinski definition) is 0. The van der Waals surface area contributed by atoms with Gasteiger partial charge in [0.2, 0.25) is 0 Å². The highest BCUT2D eigenvalue weighted by Crippen LogP contribution is 2.34. The van der Waals surface area contributed by atoms with Gasteiger partial charge in [0, 0.05) is 0 Å². The van der Waals surface area contributed by atoms with E-state index in [1.54, 1.807) is 0 Å². The Balaban J connectivity index is 1.67. The van der Waals surface area contributed by atoms with E-state index in [9.17, 15) is 0 Å². The maximum atomic E-state index is 4.63. The molecule has 1 aromatic rings. The van der Waals surface area contributed by atoms with E-state index in [-0.39, 0.29) is 0 Å². The Morgan fingerprint density at radius 2 is 1.64 bits per heavy atom. The van der Waals surface area contributed by atoms with Gasteiger partial charge >= 0.3 is 0 Å². The van der Waals surface area contributed by atoms with Crippen molar-refractivity contribution in [3.63, 3.8) is 0 Å². The van der Waals surface area contributed by atoms with Gasteiger partial charge in [0.15, 0.2) is 0 Å². The highest BCUT2D eigenvalue weighted by Gasteiger charge is 2.20. The minimum Gasteiger partial charge on any atom is -0.195 e. The van der Waals surface area contributed by atoms with Crippen molar-refractivity contribution in [2.24, 2.45) is 16.8 Å². The van der Waals surface area contributed by atoms with Gasteiger partial charge < -0.3 is 0 Å². The maximum absolute atomic E-state index is 4.63. The highest BCUT2D eigenvalue weighted by atomic mass is 32.1. The number of aliphatic imine (C=N–C) groups is 1. The first kappa shape index (κ1) is 17.4. The lowest BCUT2D eigenvalue weighted by atomic mass is 9.78. The molecule has 1 aromatic carbocycles. The zero-order chi connectivity index (χ0) is 15.6. The molecular weight excluding hydrogens is 286 g/mol. The minimum absolute atomic E-state index is 0.909. The van der Waals surface area contributed by atoms with Crippen LogP contribution in [0.4, 0.5) is 5.69 Å². The lowest BCUT2D eigenvalue weighted by Gasteiger charge is -2.28. The average Bonchev–Trinajstić information content (AvgIpc) is 2.56. The van der Waals surface area contributed by atoms with Crippen molar-refractivity contribution >= 4 is 23.1 Å². The van der Waals surface area contributed by atoms with Gasteiger partial charge in [-0.15, -0.1) is 0 Å². The SMILES string of the molecule is CCCCC[C@H]1CC[C@H](CCc2ccc(N=C=S)cc2)CC1. The summed E-state index contributed by atoms with van der Waals surface area (Å²) in [6.45, 7) is 2.30. The zero-order valence-electron chi connectivity index (χ0n) is 13.9. The van der Waals surface area contributed by atoms with Crippen LogP contribution in [0.15, 0.2) is 29.3 Å². The lowest BCUT2D eigenvalue weighted by Crippen LogP contribution is -2.15. The third-order valence-electron chi connectivity index (χ3n) is 5.13. The van der Waals surface area contributed by atoms with E-state index in [1.807, 2.05) is 12.1 Å². The van der Waals surface area contributed by atoms with Crippen LogP contribution in [-0.4, -0.2) is 5.16 Å². The normalized spacial score (nSPS) is 21.3. The Morgan fingerprint density at radius 3 is 2.23 bits per heavy atom. The molecule has 22 heavy (non-hydrogen) atoms. The molecule has 0 heterocycles. The molecule has 0 N–H and O–H groups in total. The molecule has 0 amide bonds. The van der Waals surface area contributed by atoms with Crippen LogP contribution < -0.4 is 0 Å². The largest absolute Gasteiger partial charge is 0.195 e. The molecule has 0 saturated heterocycles. The molecule has 1 aliphatic rings. The first-order chi connectivity index (χ1) is 10.8. The van der Waals surface area contributed by atoms with Gasteiger partial charge in [-0.3, -0.25) is 0 Å². The molecule has 0 atom stereocenters. The van der Waals surface area contributed by atoms with Crippen molar-refractivity contribution in [3.8, 4) is 0 Å². The van der Waals surface area contributed by atoms with Gasteiger partial charge in [-0.25, -0.2) is 0 Å². The number of benzene rings is 1. The number of aryl methyl sites for hydroxylation is 1. The fourth-order valence-electron chi connectivity index (χ4n) is 3.65. The monoisotopic (exact) mass is 315 g/mol. The number of isothiocyanates is 1. The van der Waals surface area contributed by atoms with Crippen LogP contribution in [0.5, 0.6) is 0 Å². The Kier molecular flexibility index (Phi) is 7.83. The standard InChI is InChI=1S/C20H29NS/c1-2-3-4-5-17-6-8-18(9-7-17)10-11-19-12-14-20(15-13-19)21-16-22/h12-15,17-18H,2-11H2,1H3/t17-,18-. The number of hydrogen-bond acceptors (Lipinski definition) is 2. The molecule has 1 aliphatic carbocycles. The lowest BCUT2D eigenvalue weighted by molar-refractivity contribution is 0.249. The average molecular weight is 316 g/mol. The molecule has 0 spiro atoms. The summed E-state index contributed by atoms with van der Waals surface area (Å²) < 4.78 is 0. The second-order valence-corrected chi connectivity index (χ2v) is 6.97. The van der Waals surface area contributed by atoms with E-state index in [4.69, 9.17) is 0 Å². The van der Waals surface area contributed by atoms with E-state index < -0.39 is 0 Å². The van der Waals surface area contributed by atoms with Gasteiger partial charge in [0.1, 0.15) is 0 Å². The first-order valence-electron chi connectivity index (χ1n) is 8.98. The molecule has 0 aliphatic heterocycles. The topological polar surface area (TPSA) is 12.4 Å². The summed E-state index contributed by atoms with van der Waals surface area (Å²) in [7, 11) is 0. The molecule has 120 valence electrons. The number of rotatable bonds is 8. The summed E-state index contributed by atoms with van der Waals surface area (Å²) in [5, 5.41) is 2.42. The predicted octanol–water partition coefficient (Wildman–Crippen LogP) is 6.74. The molecule has 0 unspecified atom stereocenters. The highest BCUT2D eigenvalue weighted by molar-refractivity contribution is 7.78. The molecule has 2 rings (SSSR count). The summed E-state index contributed by atoms with van der Waals surface area (Å²) in [4.78, 5) is 4.00.